The maximum atomic E-state index is 13.9. The van der Waals surface area contributed by atoms with Crippen molar-refractivity contribution in [3.8, 4) is 0 Å². The van der Waals surface area contributed by atoms with Gasteiger partial charge in [0, 0.05) is 11.8 Å². The minimum absolute atomic E-state index is 0.0910. The second-order valence-electron chi connectivity index (χ2n) is 14.1. The number of hydrogen-bond acceptors (Lipinski definition) is 6. The maximum absolute atomic E-state index is 13.9. The lowest BCUT2D eigenvalue weighted by Crippen LogP contribution is -2.59. The van der Waals surface area contributed by atoms with Crippen molar-refractivity contribution in [2.45, 2.75) is 111 Å². The molecule has 0 radical (unpaired) electrons. The molecule has 2 heterocycles. The molecule has 0 spiro atoms. The van der Waals surface area contributed by atoms with Crippen molar-refractivity contribution in [2.24, 2.45) is 27.6 Å². The molecule has 6 aliphatic rings. The van der Waals surface area contributed by atoms with E-state index in [1.165, 1.54) is 24.2 Å². The predicted octanol–water partition coefficient (Wildman–Crippen LogP) is 4.69. The number of esters is 1. The quantitative estimate of drug-likeness (QED) is 0.447. The van der Waals surface area contributed by atoms with Crippen LogP contribution in [-0.4, -0.2) is 52.1 Å². The molecular weight excluding hydrogens is 446 g/mol. The molecule has 2 unspecified atom stereocenters. The van der Waals surface area contributed by atoms with E-state index in [0.29, 0.717) is 5.92 Å². The first-order valence-corrected chi connectivity index (χ1v) is 13.2. The Morgan fingerprint density at radius 3 is 2.23 bits per heavy atom. The molecule has 1 saturated heterocycles. The second kappa shape index (κ2) is 7.33. The SMILES string of the molecule is CCOC(=O)[C@@]12C(O)=C(C(=O)CC34CC5CC(C)(CC(C)(C5)C3)C4)C(=O)N1[C@@H](C(C)(C)C)O[C@@H]2C. The number of ketones is 1. The lowest BCUT2D eigenvalue weighted by atomic mass is 9.39. The monoisotopic (exact) mass is 487 g/mol. The number of ether oxygens (including phenoxy) is 2. The molecule has 5 atom stereocenters. The first-order valence-electron chi connectivity index (χ1n) is 13.2. The summed E-state index contributed by atoms with van der Waals surface area (Å²) < 4.78 is 11.4. The highest BCUT2D eigenvalue weighted by molar-refractivity contribution is 6.24. The van der Waals surface area contributed by atoms with E-state index in [1.54, 1.807) is 13.8 Å². The minimum Gasteiger partial charge on any atom is -0.508 e. The van der Waals surface area contributed by atoms with E-state index in [1.807, 2.05) is 20.8 Å². The summed E-state index contributed by atoms with van der Waals surface area (Å²) in [7, 11) is 0. The molecule has 4 saturated carbocycles. The molecule has 6 rings (SSSR count). The van der Waals surface area contributed by atoms with Gasteiger partial charge in [0.2, 0.25) is 5.54 Å². The molecule has 0 aromatic carbocycles. The fourth-order valence-corrected chi connectivity index (χ4v) is 9.47. The van der Waals surface area contributed by atoms with Gasteiger partial charge in [-0.25, -0.2) is 4.79 Å². The summed E-state index contributed by atoms with van der Waals surface area (Å²) in [5, 5.41) is 11.5. The summed E-state index contributed by atoms with van der Waals surface area (Å²) in [6.07, 6.45) is 5.21. The molecule has 2 aliphatic heterocycles. The van der Waals surface area contributed by atoms with Crippen LogP contribution in [0.2, 0.25) is 0 Å². The third-order valence-corrected chi connectivity index (χ3v) is 9.45. The van der Waals surface area contributed by atoms with Crippen molar-refractivity contribution in [3.63, 3.8) is 0 Å². The van der Waals surface area contributed by atoms with Crippen molar-refractivity contribution < 1.29 is 29.0 Å². The Balaban J connectivity index is 1.54. The number of fused-ring (bicyclic) bond motifs is 1. The van der Waals surface area contributed by atoms with Crippen molar-refractivity contribution in [2.75, 3.05) is 6.61 Å². The highest BCUT2D eigenvalue weighted by Crippen LogP contribution is 2.70. The molecule has 4 bridgehead atoms. The van der Waals surface area contributed by atoms with Gasteiger partial charge < -0.3 is 14.6 Å². The third kappa shape index (κ3) is 3.36. The third-order valence-electron chi connectivity index (χ3n) is 9.45. The molecule has 7 heteroatoms. The van der Waals surface area contributed by atoms with E-state index in [4.69, 9.17) is 9.47 Å². The van der Waals surface area contributed by atoms with Crippen LogP contribution in [0.25, 0.3) is 0 Å². The highest BCUT2D eigenvalue weighted by Gasteiger charge is 2.71. The van der Waals surface area contributed by atoms with Gasteiger partial charge in [-0.3, -0.25) is 14.5 Å². The fraction of sp³-hybridized carbons (Fsp3) is 0.821. The highest BCUT2D eigenvalue weighted by atomic mass is 16.6. The van der Waals surface area contributed by atoms with Gasteiger partial charge in [0.25, 0.3) is 5.91 Å². The molecule has 0 aromatic rings. The minimum atomic E-state index is -1.82. The van der Waals surface area contributed by atoms with Crippen LogP contribution in [0.4, 0.5) is 0 Å². The topological polar surface area (TPSA) is 93.1 Å². The lowest BCUT2D eigenvalue weighted by Gasteiger charge is -2.65. The summed E-state index contributed by atoms with van der Waals surface area (Å²) in [6.45, 7) is 13.9. The fourth-order valence-electron chi connectivity index (χ4n) is 9.47. The summed E-state index contributed by atoms with van der Waals surface area (Å²) in [4.78, 5) is 42.4. The summed E-state index contributed by atoms with van der Waals surface area (Å²) in [5.74, 6) is -1.59. The standard InChI is InChI=1S/C28H41NO6/c1-8-34-23(33)28-16(2)35-22(24(3,4)5)29(28)21(32)19(20(28)31)18(30)12-27-11-17-9-25(6,14-27)13-26(7,10-17)15-27/h16-17,22,31H,8-15H2,1-7H3/t16-,17?,22-,25?,26?,27?,28-/m1/s1. The van der Waals surface area contributed by atoms with Crippen LogP contribution < -0.4 is 0 Å². The van der Waals surface area contributed by atoms with Crippen LogP contribution >= 0.6 is 0 Å². The van der Waals surface area contributed by atoms with Gasteiger partial charge in [0.05, 0.1) is 12.7 Å². The zero-order valence-corrected chi connectivity index (χ0v) is 22.3. The van der Waals surface area contributed by atoms with E-state index >= 15 is 0 Å². The zero-order valence-electron chi connectivity index (χ0n) is 22.3. The molecule has 7 nitrogen and oxygen atoms in total. The average Bonchev–Trinajstić information content (AvgIpc) is 3.10. The molecule has 5 fully saturated rings. The summed E-state index contributed by atoms with van der Waals surface area (Å²) in [6, 6.07) is 0. The Morgan fingerprint density at radius 2 is 1.71 bits per heavy atom. The van der Waals surface area contributed by atoms with Crippen molar-refractivity contribution in [1.29, 1.82) is 0 Å². The van der Waals surface area contributed by atoms with Crippen LogP contribution in [0.15, 0.2) is 11.3 Å². The van der Waals surface area contributed by atoms with E-state index in [9.17, 15) is 19.5 Å². The Kier molecular flexibility index (Phi) is 5.19. The molecule has 4 aliphatic carbocycles. The van der Waals surface area contributed by atoms with Crippen LogP contribution in [-0.2, 0) is 23.9 Å². The average molecular weight is 488 g/mol. The van der Waals surface area contributed by atoms with Crippen LogP contribution in [0.1, 0.15) is 93.4 Å². The van der Waals surface area contributed by atoms with Crippen LogP contribution in [0, 0.1) is 27.6 Å². The molecular formula is C28H41NO6. The maximum Gasteiger partial charge on any atom is 0.342 e. The zero-order chi connectivity index (χ0) is 25.8. The number of Topliss-reactive ketones (excluding diaryl/α,β-unsaturated/α-hetero) is 1. The molecule has 194 valence electrons. The van der Waals surface area contributed by atoms with Gasteiger partial charge in [0.15, 0.2) is 5.78 Å². The number of aliphatic hydroxyl groups is 1. The van der Waals surface area contributed by atoms with Gasteiger partial charge in [-0.15, -0.1) is 0 Å². The number of rotatable bonds is 5. The van der Waals surface area contributed by atoms with Gasteiger partial charge in [-0.2, -0.15) is 0 Å². The number of carbonyl (C=O) groups excluding carboxylic acids is 3. The van der Waals surface area contributed by atoms with Gasteiger partial charge in [-0.05, 0) is 74.5 Å². The molecule has 1 N–H and O–H groups in total. The van der Waals surface area contributed by atoms with E-state index in [-0.39, 0.29) is 40.6 Å². The second-order valence-corrected chi connectivity index (χ2v) is 14.1. The predicted molar refractivity (Wildman–Crippen MR) is 129 cm³/mol. The normalized spacial score (nSPS) is 44.3. The molecule has 0 aromatic heterocycles. The Morgan fingerprint density at radius 1 is 1.11 bits per heavy atom. The number of amides is 1. The molecule has 1 amide bonds. The van der Waals surface area contributed by atoms with E-state index in [2.05, 4.69) is 13.8 Å². The smallest absolute Gasteiger partial charge is 0.342 e. The van der Waals surface area contributed by atoms with E-state index in [0.717, 1.165) is 19.3 Å². The van der Waals surface area contributed by atoms with Crippen LogP contribution in [0.3, 0.4) is 0 Å². The van der Waals surface area contributed by atoms with Crippen molar-refractivity contribution in [1.82, 2.24) is 4.90 Å². The first-order chi connectivity index (χ1) is 16.1. The van der Waals surface area contributed by atoms with Crippen molar-refractivity contribution >= 4 is 17.7 Å². The van der Waals surface area contributed by atoms with Crippen molar-refractivity contribution in [3.05, 3.63) is 11.3 Å². The van der Waals surface area contributed by atoms with Gasteiger partial charge in [0.1, 0.15) is 17.6 Å². The number of hydrogen-bond donors (Lipinski definition) is 1. The first kappa shape index (κ1) is 24.8. The number of carbonyl (C=O) groups is 3. The Hall–Kier alpha value is -1.89. The van der Waals surface area contributed by atoms with Gasteiger partial charge in [-0.1, -0.05) is 34.6 Å². The largest absolute Gasteiger partial charge is 0.508 e. The summed E-state index contributed by atoms with van der Waals surface area (Å²) >= 11 is 0. The number of nitrogens with zero attached hydrogens (tertiary/aromatic N) is 1. The van der Waals surface area contributed by atoms with Crippen LogP contribution in [0.5, 0.6) is 0 Å². The Labute approximate surface area is 208 Å². The van der Waals surface area contributed by atoms with Gasteiger partial charge >= 0.3 is 5.97 Å². The lowest BCUT2D eigenvalue weighted by molar-refractivity contribution is -0.161. The van der Waals surface area contributed by atoms with E-state index < -0.39 is 40.9 Å². The molecule has 35 heavy (non-hydrogen) atoms. The number of aliphatic hydroxyl groups excluding tert-OH is 1. The Bertz CT molecular complexity index is 1000. The summed E-state index contributed by atoms with van der Waals surface area (Å²) in [5.41, 5.74) is -2.29.